The number of nitrogens with zero attached hydrogens (tertiary/aromatic N) is 3. The topological polar surface area (TPSA) is 50.9 Å². The largest absolute Gasteiger partial charge is 0.507 e. The number of hydrogen-bond acceptors (Lipinski definition) is 3. The van der Waals surface area contributed by atoms with Gasteiger partial charge < -0.3 is 5.11 Å². The zero-order valence-corrected chi connectivity index (χ0v) is 39.2. The normalized spacial score (nSPS) is 13.6. The predicted octanol–water partition coefficient (Wildman–Crippen LogP) is 15.3. The molecule has 6 aromatic carbocycles. The third-order valence-electron chi connectivity index (χ3n) is 11.4. The minimum Gasteiger partial charge on any atom is -0.507 e. The molecular formula is C57H58N3OPt-. The van der Waals surface area contributed by atoms with Crippen LogP contribution in [-0.4, -0.2) is 19.6 Å². The third kappa shape index (κ3) is 8.99. The van der Waals surface area contributed by atoms with Gasteiger partial charge in [0.2, 0.25) is 0 Å². The summed E-state index contributed by atoms with van der Waals surface area (Å²) in [5.74, 6) is 1.50. The molecule has 0 unspecified atom stereocenters. The smallest absolute Gasteiger partial charge is 0.148 e. The van der Waals surface area contributed by atoms with Crippen LogP contribution < -0.4 is 0 Å². The van der Waals surface area contributed by atoms with Crippen LogP contribution in [0.3, 0.4) is 0 Å². The number of aromatic nitrogens is 3. The van der Waals surface area contributed by atoms with Gasteiger partial charge in [-0.1, -0.05) is 164 Å². The number of para-hydroxylation sites is 1. The number of phenols is 1. The number of benzene rings is 6. The molecule has 318 valence electrons. The van der Waals surface area contributed by atoms with Gasteiger partial charge in [-0.05, 0) is 100 Å². The molecule has 0 fully saturated rings. The Morgan fingerprint density at radius 1 is 0.726 bits per heavy atom. The van der Waals surface area contributed by atoms with Crippen molar-refractivity contribution in [1.82, 2.24) is 14.5 Å². The Hall–Kier alpha value is -5.57. The average molecular weight is 1000 g/mol. The van der Waals surface area contributed by atoms with Crippen molar-refractivity contribution >= 4 is 11.0 Å². The van der Waals surface area contributed by atoms with Gasteiger partial charge in [0.1, 0.15) is 11.6 Å². The maximum absolute atomic E-state index is 12.3. The average Bonchev–Trinajstić information content (AvgIpc) is 3.67. The van der Waals surface area contributed by atoms with E-state index in [1.54, 1.807) is 18.3 Å². The quantitative estimate of drug-likeness (QED) is 0.139. The second-order valence-electron chi connectivity index (χ2n) is 18.2. The fourth-order valence-electron chi connectivity index (χ4n) is 8.07. The molecule has 2 heterocycles. The van der Waals surface area contributed by atoms with Crippen molar-refractivity contribution in [2.24, 2.45) is 5.92 Å². The molecular weight excluding hydrogens is 938 g/mol. The van der Waals surface area contributed by atoms with Crippen LogP contribution in [-0.2, 0) is 32.9 Å². The summed E-state index contributed by atoms with van der Waals surface area (Å²) in [6.07, 6.45) is 2.47. The van der Waals surface area contributed by atoms with Crippen LogP contribution in [0.4, 0.5) is 0 Å². The summed E-state index contributed by atoms with van der Waals surface area (Å²) >= 11 is 0. The van der Waals surface area contributed by atoms with Crippen LogP contribution in [0.5, 0.6) is 5.75 Å². The van der Waals surface area contributed by atoms with E-state index in [-0.39, 0.29) is 49.6 Å². The van der Waals surface area contributed by atoms with Crippen LogP contribution in [0.25, 0.3) is 72.7 Å². The van der Waals surface area contributed by atoms with Crippen LogP contribution in [0, 0.1) is 18.8 Å². The van der Waals surface area contributed by atoms with Crippen molar-refractivity contribution in [2.75, 3.05) is 0 Å². The number of aromatic hydroxyl groups is 1. The molecule has 4 nitrogen and oxygen atoms in total. The molecule has 0 aliphatic rings. The summed E-state index contributed by atoms with van der Waals surface area (Å²) in [7, 11) is 0. The van der Waals surface area contributed by atoms with Gasteiger partial charge in [0, 0.05) is 42.6 Å². The van der Waals surface area contributed by atoms with E-state index in [9.17, 15) is 5.11 Å². The summed E-state index contributed by atoms with van der Waals surface area (Å²) in [6, 6.07) is 36.5. The van der Waals surface area contributed by atoms with Crippen molar-refractivity contribution < 1.29 is 35.8 Å². The first kappa shape index (κ1) is 36.0. The molecule has 0 radical (unpaired) electrons. The van der Waals surface area contributed by atoms with Gasteiger partial charge >= 0.3 is 0 Å². The Labute approximate surface area is 393 Å². The van der Waals surface area contributed by atoms with Crippen LogP contribution in [0.15, 0.2) is 133 Å². The molecule has 0 atom stereocenters. The molecule has 0 aliphatic heterocycles. The van der Waals surface area contributed by atoms with E-state index in [1.165, 1.54) is 5.56 Å². The molecule has 5 heteroatoms. The summed E-state index contributed by atoms with van der Waals surface area (Å²) in [5, 5.41) is 12.3. The summed E-state index contributed by atoms with van der Waals surface area (Å²) in [5.41, 5.74) is 11.5. The monoisotopic (exact) mass is 1000 g/mol. The van der Waals surface area contributed by atoms with Crippen LogP contribution in [0.2, 0.25) is 0 Å². The first-order chi connectivity index (χ1) is 32.0. The molecule has 0 saturated carbocycles. The third-order valence-corrected chi connectivity index (χ3v) is 11.4. The molecule has 0 aliphatic carbocycles. The fourth-order valence-corrected chi connectivity index (χ4v) is 8.07. The maximum atomic E-state index is 12.3. The van der Waals surface area contributed by atoms with E-state index in [0.29, 0.717) is 39.6 Å². The number of phenolic OH excluding ortho intramolecular Hbond substituents is 1. The predicted molar refractivity (Wildman–Crippen MR) is 257 cm³/mol. The van der Waals surface area contributed by atoms with E-state index in [2.05, 4.69) is 140 Å². The van der Waals surface area contributed by atoms with E-state index >= 15 is 0 Å². The number of pyridine rings is 1. The Morgan fingerprint density at radius 2 is 1.47 bits per heavy atom. The Bertz CT molecular complexity index is 3190. The number of imidazole rings is 1. The zero-order chi connectivity index (χ0) is 49.1. The minimum atomic E-state index is -2.82. The van der Waals surface area contributed by atoms with Crippen molar-refractivity contribution in [2.45, 2.75) is 92.8 Å². The van der Waals surface area contributed by atoms with E-state index in [0.717, 1.165) is 56.6 Å². The molecule has 0 amide bonds. The first-order valence-electron chi connectivity index (χ1n) is 24.8. The first-order valence-corrected chi connectivity index (χ1v) is 21.3. The Morgan fingerprint density at radius 3 is 2.15 bits per heavy atom. The van der Waals surface area contributed by atoms with Crippen LogP contribution >= 0.6 is 0 Å². The van der Waals surface area contributed by atoms with Crippen molar-refractivity contribution in [1.29, 1.82) is 0 Å². The van der Waals surface area contributed by atoms with Gasteiger partial charge in [-0.25, -0.2) is 4.98 Å². The second-order valence-corrected chi connectivity index (χ2v) is 18.2. The van der Waals surface area contributed by atoms with Gasteiger partial charge in [0.25, 0.3) is 0 Å². The van der Waals surface area contributed by atoms with Crippen molar-refractivity contribution in [3.63, 3.8) is 0 Å². The van der Waals surface area contributed by atoms with Gasteiger partial charge in [0.05, 0.1) is 27.8 Å². The summed E-state index contributed by atoms with van der Waals surface area (Å²) < 4.78 is 60.7. The standard InChI is InChI=1S/C57H58N3O.Pt/c1-35(2)27-39-21-24-52(49(28-39)41-15-12-11-13-16-41)60-53-18-14-17-47(54(53)59-56(60)50-33-43(36(3)4)32-48(37(5)6)55(50)61)44-29-45(31-46(30-44)57(8,9)10)51-34-42(25-26-58-51)40-22-19-38(7)20-23-40;/h11-26,28,30-37,61H,27H2,1-10H3;/q-1;/i7D3,19D,20D,22D,23D;. The molecule has 1 N–H and O–H groups in total. The SMILES string of the molecule is [2H]c1c([2H])c(C([2H])([2H])[2H])c([2H])c([2H])c1-c1ccnc(-c2[c-]c(-c3cccc4c3nc(-c3cc(C(C)C)cc(C(C)C)c3O)n4-c3ccc(CC(C)C)cc3-c3ccccc3)cc(C(C)(C)C)c2)c1.[Pt]. The molecule has 62 heavy (non-hydrogen) atoms. The zero-order valence-electron chi connectivity index (χ0n) is 43.9. The molecule has 0 bridgehead atoms. The molecule has 8 rings (SSSR count). The van der Waals surface area contributed by atoms with Gasteiger partial charge in [-0.15, -0.1) is 29.3 Å². The Balaban J connectivity index is 0.00000703. The van der Waals surface area contributed by atoms with Crippen molar-refractivity contribution in [3.05, 3.63) is 167 Å². The molecule has 8 aromatic rings. The maximum Gasteiger partial charge on any atom is 0.148 e. The second kappa shape index (κ2) is 18.0. The number of hydrogen-bond donors (Lipinski definition) is 1. The van der Waals surface area contributed by atoms with Gasteiger partial charge in [0.15, 0.2) is 0 Å². The fraction of sp³-hybridized carbons (Fsp3) is 0.263. The van der Waals surface area contributed by atoms with Gasteiger partial charge in [-0.3, -0.25) is 9.55 Å². The van der Waals surface area contributed by atoms with E-state index in [4.69, 9.17) is 19.6 Å². The van der Waals surface area contributed by atoms with Crippen LogP contribution in [0.1, 0.15) is 112 Å². The van der Waals surface area contributed by atoms with E-state index < -0.39 is 36.6 Å². The van der Waals surface area contributed by atoms with E-state index in [1.807, 2.05) is 24.3 Å². The summed E-state index contributed by atoms with van der Waals surface area (Å²) in [6.45, 7) is 16.5. The minimum absolute atomic E-state index is 0. The number of fused-ring (bicyclic) bond motifs is 1. The van der Waals surface area contributed by atoms with Gasteiger partial charge in [-0.2, -0.15) is 0 Å². The molecule has 2 aromatic heterocycles. The molecule has 0 saturated heterocycles. The number of rotatable bonds is 10. The molecule has 0 spiro atoms. The summed E-state index contributed by atoms with van der Waals surface area (Å²) in [4.78, 5) is 10.3. The van der Waals surface area contributed by atoms with Crippen molar-refractivity contribution in [3.8, 4) is 67.5 Å². The Kier molecular flexibility index (Phi) is 10.5.